The van der Waals surface area contributed by atoms with E-state index >= 15 is 0 Å². The molecule has 1 amide bonds. The lowest BCUT2D eigenvalue weighted by atomic mass is 10.0. The Morgan fingerprint density at radius 2 is 2.21 bits per heavy atom. The van der Waals surface area contributed by atoms with Gasteiger partial charge >= 0.3 is 0 Å². The number of aromatic nitrogens is 3. The van der Waals surface area contributed by atoms with Crippen LogP contribution in [0.1, 0.15) is 55.3 Å². The molecule has 4 rings (SSSR count). The van der Waals surface area contributed by atoms with Gasteiger partial charge in [0.2, 0.25) is 5.89 Å². The molecule has 29 heavy (non-hydrogen) atoms. The average Bonchev–Trinajstić information content (AvgIpc) is 3.23. The number of anilines is 1. The lowest BCUT2D eigenvalue weighted by molar-refractivity contribution is -0.116. The molecule has 0 atom stereocenters. The van der Waals surface area contributed by atoms with Gasteiger partial charge in [-0.3, -0.25) is 9.59 Å². The minimum atomic E-state index is -0.843. The summed E-state index contributed by atoms with van der Waals surface area (Å²) in [6, 6.07) is 1.80. The number of rotatable bonds is 7. The maximum absolute atomic E-state index is 13.0. The molecule has 0 spiro atoms. The van der Waals surface area contributed by atoms with Crippen molar-refractivity contribution in [2.24, 2.45) is 5.92 Å². The largest absolute Gasteiger partial charge is 0.491 e. The first-order chi connectivity index (χ1) is 13.8. The Morgan fingerprint density at radius 1 is 1.41 bits per heavy atom. The van der Waals surface area contributed by atoms with Crippen molar-refractivity contribution in [3.05, 3.63) is 29.7 Å². The van der Waals surface area contributed by atoms with Gasteiger partial charge < -0.3 is 19.5 Å². The molecular weight excluding hydrogens is 374 g/mol. The molecule has 1 N–H and O–H groups in total. The number of carbonyl (C=O) groups excluding carboxylic acids is 2. The molecular formula is C20H25N5O4. The number of ether oxygens (including phenoxy) is 1. The topological polar surface area (TPSA) is 110 Å². The van der Waals surface area contributed by atoms with Crippen LogP contribution in [0.4, 0.5) is 5.69 Å². The van der Waals surface area contributed by atoms with Crippen molar-refractivity contribution in [3.63, 3.8) is 0 Å². The van der Waals surface area contributed by atoms with Crippen molar-refractivity contribution in [2.75, 3.05) is 24.6 Å². The van der Waals surface area contributed by atoms with Crippen molar-refractivity contribution in [1.82, 2.24) is 20.4 Å². The van der Waals surface area contributed by atoms with Crippen LogP contribution in [0.15, 0.2) is 16.8 Å². The third-order valence-corrected chi connectivity index (χ3v) is 5.13. The lowest BCUT2D eigenvalue weighted by Crippen LogP contribution is -2.42. The summed E-state index contributed by atoms with van der Waals surface area (Å²) < 4.78 is 11.0. The number of aryl methyl sites for hydroxylation is 1. The maximum atomic E-state index is 13.0. The maximum Gasteiger partial charge on any atom is 0.274 e. The fourth-order valence-corrected chi connectivity index (χ4v) is 3.18. The third-order valence-electron chi connectivity index (χ3n) is 5.13. The second kappa shape index (κ2) is 7.46. The summed E-state index contributed by atoms with van der Waals surface area (Å²) in [5, 5.41) is 6.81. The smallest absolute Gasteiger partial charge is 0.274 e. The van der Waals surface area contributed by atoms with Gasteiger partial charge in [0.05, 0.1) is 30.6 Å². The summed E-state index contributed by atoms with van der Waals surface area (Å²) in [6.07, 6.45) is 4.42. The molecule has 0 radical (unpaired) electrons. The van der Waals surface area contributed by atoms with E-state index in [-0.39, 0.29) is 17.4 Å². The Morgan fingerprint density at radius 3 is 2.83 bits per heavy atom. The number of pyridine rings is 1. The van der Waals surface area contributed by atoms with E-state index in [0.717, 1.165) is 18.5 Å². The molecule has 9 nitrogen and oxygen atoms in total. The quantitative estimate of drug-likeness (QED) is 0.753. The Kier molecular flexibility index (Phi) is 4.97. The highest BCUT2D eigenvalue weighted by atomic mass is 16.5. The van der Waals surface area contributed by atoms with Gasteiger partial charge in [0.1, 0.15) is 0 Å². The molecule has 3 heterocycles. The van der Waals surface area contributed by atoms with E-state index in [4.69, 9.17) is 9.26 Å². The number of ketones is 1. The summed E-state index contributed by atoms with van der Waals surface area (Å²) in [5.41, 5.74) is 0.143. The van der Waals surface area contributed by atoms with Gasteiger partial charge in [-0.25, -0.2) is 4.98 Å². The number of carbonyl (C=O) groups is 2. The number of Topliss-reactive ketones (excluding diaryl/α,β-unsaturated/α-hetero) is 1. The molecule has 2 fully saturated rings. The summed E-state index contributed by atoms with van der Waals surface area (Å²) >= 11 is 0. The minimum absolute atomic E-state index is 0.199. The zero-order valence-electron chi connectivity index (χ0n) is 16.9. The van der Waals surface area contributed by atoms with Crippen LogP contribution in [0.5, 0.6) is 5.75 Å². The number of hydrogen-bond donors (Lipinski definition) is 1. The Balaban J connectivity index is 1.56. The third kappa shape index (κ3) is 4.38. The molecule has 0 bridgehead atoms. The van der Waals surface area contributed by atoms with Gasteiger partial charge in [0.15, 0.2) is 23.1 Å². The van der Waals surface area contributed by atoms with Gasteiger partial charge in [0.25, 0.3) is 5.91 Å². The zero-order valence-corrected chi connectivity index (χ0v) is 16.9. The van der Waals surface area contributed by atoms with Crippen LogP contribution < -0.4 is 15.0 Å². The average molecular weight is 399 g/mol. The Bertz CT molecular complexity index is 935. The molecule has 2 aromatic rings. The number of hydrogen-bond acceptors (Lipinski definition) is 8. The van der Waals surface area contributed by atoms with Gasteiger partial charge in [0, 0.05) is 26.0 Å². The summed E-state index contributed by atoms with van der Waals surface area (Å²) in [4.78, 5) is 35.2. The van der Waals surface area contributed by atoms with Crippen LogP contribution in [0.3, 0.4) is 0 Å². The first-order valence-corrected chi connectivity index (χ1v) is 9.84. The molecule has 2 aromatic heterocycles. The second-order valence-electron chi connectivity index (χ2n) is 8.22. The molecule has 1 aliphatic heterocycles. The van der Waals surface area contributed by atoms with E-state index in [1.54, 1.807) is 33.0 Å². The molecule has 1 saturated heterocycles. The van der Waals surface area contributed by atoms with Crippen LogP contribution >= 0.6 is 0 Å². The van der Waals surface area contributed by atoms with Crippen LogP contribution in [-0.2, 0) is 10.3 Å². The van der Waals surface area contributed by atoms with E-state index in [2.05, 4.69) is 20.4 Å². The highest BCUT2D eigenvalue weighted by Crippen LogP contribution is 2.32. The molecule has 9 heteroatoms. The van der Waals surface area contributed by atoms with Crippen molar-refractivity contribution >= 4 is 17.4 Å². The molecule has 0 aromatic carbocycles. The monoisotopic (exact) mass is 399 g/mol. The highest BCUT2D eigenvalue weighted by Gasteiger charge is 2.31. The highest BCUT2D eigenvalue weighted by molar-refractivity contribution is 5.96. The minimum Gasteiger partial charge on any atom is -0.491 e. The lowest BCUT2D eigenvalue weighted by Gasteiger charge is -2.23. The van der Waals surface area contributed by atoms with Crippen molar-refractivity contribution in [2.45, 2.75) is 45.6 Å². The summed E-state index contributed by atoms with van der Waals surface area (Å²) in [7, 11) is 0. The normalized spacial score (nSPS) is 16.9. The fraction of sp³-hybridized carbons (Fsp3) is 0.550. The summed E-state index contributed by atoms with van der Waals surface area (Å²) in [5.74, 6) is 1.58. The van der Waals surface area contributed by atoms with E-state index in [9.17, 15) is 9.59 Å². The summed E-state index contributed by atoms with van der Waals surface area (Å²) in [6.45, 7) is 6.85. The molecule has 2 aliphatic rings. The van der Waals surface area contributed by atoms with Gasteiger partial charge in [-0.15, -0.1) is 0 Å². The van der Waals surface area contributed by atoms with E-state index < -0.39 is 5.54 Å². The van der Waals surface area contributed by atoms with Crippen molar-refractivity contribution in [1.29, 1.82) is 0 Å². The Labute approximate surface area is 168 Å². The molecule has 1 aliphatic carbocycles. The molecule has 1 saturated carbocycles. The van der Waals surface area contributed by atoms with E-state index in [1.165, 1.54) is 0 Å². The SMILES string of the molecule is Cc1nc(C(C)(C)NC(=O)c2ncc(N3CCC(=O)C3)cc2OCC2CC2)no1. The van der Waals surface area contributed by atoms with Crippen molar-refractivity contribution in [3.8, 4) is 5.75 Å². The number of nitrogens with zero attached hydrogens (tertiary/aromatic N) is 4. The van der Waals surface area contributed by atoms with Crippen LogP contribution in [0, 0.1) is 12.8 Å². The molecule has 154 valence electrons. The van der Waals surface area contributed by atoms with Gasteiger partial charge in [-0.2, -0.15) is 4.98 Å². The fourth-order valence-electron chi connectivity index (χ4n) is 3.18. The Hall–Kier alpha value is -2.97. The van der Waals surface area contributed by atoms with Crippen LogP contribution in [0.2, 0.25) is 0 Å². The van der Waals surface area contributed by atoms with E-state index in [0.29, 0.717) is 49.5 Å². The first-order valence-electron chi connectivity index (χ1n) is 9.84. The van der Waals surface area contributed by atoms with Crippen LogP contribution in [0.25, 0.3) is 0 Å². The van der Waals surface area contributed by atoms with Crippen LogP contribution in [-0.4, -0.2) is 46.5 Å². The molecule has 0 unspecified atom stereocenters. The first kappa shape index (κ1) is 19.4. The second-order valence-corrected chi connectivity index (χ2v) is 8.22. The zero-order chi connectivity index (χ0) is 20.6. The number of nitrogens with one attached hydrogen (secondary N) is 1. The van der Waals surface area contributed by atoms with Gasteiger partial charge in [-0.05, 0) is 32.6 Å². The number of amides is 1. The predicted octanol–water partition coefficient (Wildman–Crippen LogP) is 2.01. The van der Waals surface area contributed by atoms with E-state index in [1.807, 2.05) is 4.90 Å². The standard InChI is InChI=1S/C20H25N5O4/c1-12-22-19(24-29-12)20(2,3)23-18(27)17-16(28-11-13-4-5-13)8-14(9-21-17)25-7-6-15(26)10-25/h8-9,13H,4-7,10-11H2,1-3H3,(H,23,27). The van der Waals surface area contributed by atoms with Gasteiger partial charge in [-0.1, -0.05) is 5.16 Å². The predicted molar refractivity (Wildman–Crippen MR) is 104 cm³/mol. The van der Waals surface area contributed by atoms with Crippen molar-refractivity contribution < 1.29 is 18.8 Å².